The maximum atomic E-state index is 2.46. The molecule has 2 aliphatic carbocycles. The Kier molecular flexibility index (Phi) is 2.39. The Labute approximate surface area is 81.0 Å². The molecule has 13 heavy (non-hydrogen) atoms. The van der Waals surface area contributed by atoms with E-state index in [1.807, 2.05) is 0 Å². The van der Waals surface area contributed by atoms with E-state index in [1.165, 1.54) is 31.3 Å². The zero-order chi connectivity index (χ0) is 9.26. The van der Waals surface area contributed by atoms with Crippen LogP contribution in [0.25, 0.3) is 0 Å². The summed E-state index contributed by atoms with van der Waals surface area (Å²) in [6.07, 6.45) is 12.3. The molecule has 2 rings (SSSR count). The SMILES string of the molecule is CCC1=CC=C(C(C)=CC2CC2)C1. The lowest BCUT2D eigenvalue weighted by Gasteiger charge is -2.03. The summed E-state index contributed by atoms with van der Waals surface area (Å²) in [4.78, 5) is 0. The van der Waals surface area contributed by atoms with Gasteiger partial charge in [-0.05, 0) is 44.1 Å². The maximum Gasteiger partial charge on any atom is -0.00616 e. The van der Waals surface area contributed by atoms with Gasteiger partial charge in [0.15, 0.2) is 0 Å². The predicted octanol–water partition coefficient (Wildman–Crippen LogP) is 4.01. The van der Waals surface area contributed by atoms with Gasteiger partial charge in [-0.15, -0.1) is 0 Å². The highest BCUT2D eigenvalue weighted by molar-refractivity contribution is 5.42. The Morgan fingerprint density at radius 3 is 2.77 bits per heavy atom. The summed E-state index contributed by atoms with van der Waals surface area (Å²) >= 11 is 0. The normalized spacial score (nSPS) is 23.1. The van der Waals surface area contributed by atoms with Crippen molar-refractivity contribution in [3.63, 3.8) is 0 Å². The molecule has 0 aromatic rings. The highest BCUT2D eigenvalue weighted by atomic mass is 14.2. The Bertz CT molecular complexity index is 285. The van der Waals surface area contributed by atoms with Crippen LogP contribution >= 0.6 is 0 Å². The van der Waals surface area contributed by atoms with E-state index in [0.29, 0.717) is 0 Å². The maximum absolute atomic E-state index is 2.46. The van der Waals surface area contributed by atoms with Gasteiger partial charge in [0.25, 0.3) is 0 Å². The van der Waals surface area contributed by atoms with Gasteiger partial charge in [-0.25, -0.2) is 0 Å². The second kappa shape index (κ2) is 3.53. The average Bonchev–Trinajstić information content (AvgIpc) is 2.82. The van der Waals surface area contributed by atoms with E-state index in [0.717, 1.165) is 5.92 Å². The van der Waals surface area contributed by atoms with E-state index in [1.54, 1.807) is 11.1 Å². The van der Waals surface area contributed by atoms with Gasteiger partial charge in [0, 0.05) is 0 Å². The van der Waals surface area contributed by atoms with E-state index in [2.05, 4.69) is 32.1 Å². The second-order valence-electron chi connectivity index (χ2n) is 4.23. The molecule has 0 bridgehead atoms. The topological polar surface area (TPSA) is 0 Å². The third-order valence-corrected chi connectivity index (χ3v) is 3.01. The van der Waals surface area contributed by atoms with Crippen molar-refractivity contribution >= 4 is 0 Å². The van der Waals surface area contributed by atoms with Crippen molar-refractivity contribution in [2.45, 2.75) is 39.5 Å². The zero-order valence-corrected chi connectivity index (χ0v) is 8.64. The highest BCUT2D eigenvalue weighted by Crippen LogP contribution is 2.34. The molecule has 0 saturated heterocycles. The highest BCUT2D eigenvalue weighted by Gasteiger charge is 2.19. The second-order valence-corrected chi connectivity index (χ2v) is 4.23. The minimum Gasteiger partial charge on any atom is -0.0782 e. The molecule has 0 heterocycles. The van der Waals surface area contributed by atoms with Crippen molar-refractivity contribution in [1.82, 2.24) is 0 Å². The first-order valence-electron chi connectivity index (χ1n) is 5.37. The first-order chi connectivity index (χ1) is 6.29. The molecular weight excluding hydrogens is 156 g/mol. The standard InChI is InChI=1S/C13H18/c1-3-11-6-7-13(9-11)10(2)8-12-4-5-12/h6-8,12H,3-5,9H2,1-2H3. The number of hydrogen-bond donors (Lipinski definition) is 0. The van der Waals surface area contributed by atoms with E-state index >= 15 is 0 Å². The third kappa shape index (κ3) is 2.12. The van der Waals surface area contributed by atoms with Crippen LogP contribution in [-0.4, -0.2) is 0 Å². The van der Waals surface area contributed by atoms with Crippen molar-refractivity contribution < 1.29 is 0 Å². The average molecular weight is 174 g/mol. The molecule has 0 spiro atoms. The molecule has 0 amide bonds. The van der Waals surface area contributed by atoms with Crippen LogP contribution in [0.2, 0.25) is 0 Å². The first-order valence-corrected chi connectivity index (χ1v) is 5.37. The molecule has 0 aliphatic heterocycles. The molecule has 1 saturated carbocycles. The van der Waals surface area contributed by atoms with Crippen LogP contribution in [0.3, 0.4) is 0 Å². The summed E-state index contributed by atoms with van der Waals surface area (Å²) in [5.41, 5.74) is 4.64. The van der Waals surface area contributed by atoms with Crippen molar-refractivity contribution in [3.05, 3.63) is 34.9 Å². The van der Waals surface area contributed by atoms with Crippen LogP contribution in [0.15, 0.2) is 34.9 Å². The van der Waals surface area contributed by atoms with Crippen molar-refractivity contribution in [3.8, 4) is 0 Å². The molecule has 2 aliphatic rings. The van der Waals surface area contributed by atoms with Crippen LogP contribution in [0.1, 0.15) is 39.5 Å². The Hall–Kier alpha value is -0.780. The van der Waals surface area contributed by atoms with Crippen LogP contribution in [0, 0.1) is 5.92 Å². The number of hydrogen-bond acceptors (Lipinski definition) is 0. The summed E-state index contributed by atoms with van der Waals surface area (Å²) in [6.45, 7) is 4.50. The number of allylic oxidation sites excluding steroid dienone is 6. The quantitative estimate of drug-likeness (QED) is 0.606. The molecule has 0 heteroatoms. The lowest BCUT2D eigenvalue weighted by atomic mass is 10.0. The van der Waals surface area contributed by atoms with Gasteiger partial charge in [0.1, 0.15) is 0 Å². The Morgan fingerprint density at radius 2 is 2.23 bits per heavy atom. The largest absolute Gasteiger partial charge is 0.0782 e. The predicted molar refractivity (Wildman–Crippen MR) is 57.6 cm³/mol. The van der Waals surface area contributed by atoms with E-state index in [4.69, 9.17) is 0 Å². The Balaban J connectivity index is 1.96. The van der Waals surface area contributed by atoms with Crippen molar-refractivity contribution in [2.24, 2.45) is 5.92 Å². The minimum atomic E-state index is 0.909. The fraction of sp³-hybridized carbons (Fsp3) is 0.538. The molecule has 70 valence electrons. The van der Waals surface area contributed by atoms with Gasteiger partial charge in [-0.2, -0.15) is 0 Å². The minimum absolute atomic E-state index is 0.909. The summed E-state index contributed by atoms with van der Waals surface area (Å²) in [6, 6.07) is 0. The van der Waals surface area contributed by atoms with Gasteiger partial charge < -0.3 is 0 Å². The molecular formula is C13H18. The van der Waals surface area contributed by atoms with E-state index in [-0.39, 0.29) is 0 Å². The lowest BCUT2D eigenvalue weighted by Crippen LogP contribution is -1.85. The fourth-order valence-corrected chi connectivity index (χ4v) is 1.82. The zero-order valence-electron chi connectivity index (χ0n) is 8.64. The fourth-order valence-electron chi connectivity index (χ4n) is 1.82. The first kappa shape index (κ1) is 8.80. The Morgan fingerprint density at radius 1 is 1.46 bits per heavy atom. The van der Waals surface area contributed by atoms with Crippen LogP contribution < -0.4 is 0 Å². The smallest absolute Gasteiger partial charge is 0.00616 e. The third-order valence-electron chi connectivity index (χ3n) is 3.01. The lowest BCUT2D eigenvalue weighted by molar-refractivity contribution is 1.01. The molecule has 1 fully saturated rings. The van der Waals surface area contributed by atoms with E-state index in [9.17, 15) is 0 Å². The molecule has 0 atom stereocenters. The van der Waals surface area contributed by atoms with E-state index < -0.39 is 0 Å². The molecule has 0 N–H and O–H groups in total. The van der Waals surface area contributed by atoms with Crippen LogP contribution in [0.5, 0.6) is 0 Å². The van der Waals surface area contributed by atoms with Crippen molar-refractivity contribution in [1.29, 1.82) is 0 Å². The van der Waals surface area contributed by atoms with Crippen molar-refractivity contribution in [2.75, 3.05) is 0 Å². The summed E-state index contributed by atoms with van der Waals surface area (Å²) in [7, 11) is 0. The summed E-state index contributed by atoms with van der Waals surface area (Å²) in [5.74, 6) is 0.909. The molecule has 0 aromatic carbocycles. The molecule has 0 radical (unpaired) electrons. The van der Waals surface area contributed by atoms with Gasteiger partial charge in [0.05, 0.1) is 0 Å². The molecule has 0 nitrogen and oxygen atoms in total. The summed E-state index contributed by atoms with van der Waals surface area (Å²) < 4.78 is 0. The molecule has 0 aromatic heterocycles. The van der Waals surface area contributed by atoms with Gasteiger partial charge in [-0.1, -0.05) is 36.3 Å². The van der Waals surface area contributed by atoms with Crippen LogP contribution in [0.4, 0.5) is 0 Å². The van der Waals surface area contributed by atoms with Gasteiger partial charge >= 0.3 is 0 Å². The number of rotatable bonds is 3. The summed E-state index contributed by atoms with van der Waals surface area (Å²) in [5, 5.41) is 0. The monoisotopic (exact) mass is 174 g/mol. The van der Waals surface area contributed by atoms with Gasteiger partial charge in [0.2, 0.25) is 0 Å². The van der Waals surface area contributed by atoms with Gasteiger partial charge in [-0.3, -0.25) is 0 Å². The molecule has 0 unspecified atom stereocenters. The van der Waals surface area contributed by atoms with Crippen LogP contribution in [-0.2, 0) is 0 Å².